The quantitative estimate of drug-likeness (QED) is 0.557. The first-order valence-corrected chi connectivity index (χ1v) is 13.0. The van der Waals surface area contributed by atoms with E-state index in [1.807, 2.05) is 7.05 Å². The van der Waals surface area contributed by atoms with E-state index in [0.29, 0.717) is 35.0 Å². The number of carbonyl (C=O) groups excluding carboxylic acids is 1. The van der Waals surface area contributed by atoms with Crippen LogP contribution in [0.1, 0.15) is 24.8 Å². The molecule has 1 saturated heterocycles. The number of carbonyl (C=O) groups is 1. The third-order valence-corrected chi connectivity index (χ3v) is 8.55. The van der Waals surface area contributed by atoms with Crippen molar-refractivity contribution in [2.75, 3.05) is 37.5 Å². The second kappa shape index (κ2) is 10.9. The largest absolute Gasteiger partial charge is 0.416 e. The van der Waals surface area contributed by atoms with Gasteiger partial charge in [0.15, 0.2) is 0 Å². The zero-order valence-corrected chi connectivity index (χ0v) is 20.8. The van der Waals surface area contributed by atoms with Crippen molar-refractivity contribution >= 4 is 44.8 Å². The summed E-state index contributed by atoms with van der Waals surface area (Å²) in [5.41, 5.74) is -1.45. The van der Waals surface area contributed by atoms with Crippen LogP contribution in [0.15, 0.2) is 41.5 Å². The summed E-state index contributed by atoms with van der Waals surface area (Å²) in [6, 6.07) is 2.43. The Labute approximate surface area is 207 Å². The molecule has 1 aliphatic heterocycles. The van der Waals surface area contributed by atoms with Gasteiger partial charge in [-0.25, -0.2) is 8.42 Å². The number of nitrogens with zero attached hydrogens (tertiary/aromatic N) is 2. The van der Waals surface area contributed by atoms with Crippen LogP contribution in [0, 0.1) is 5.92 Å². The number of alkyl halides is 3. The predicted octanol–water partition coefficient (Wildman–Crippen LogP) is 4.40. The van der Waals surface area contributed by atoms with Gasteiger partial charge in [-0.3, -0.25) is 9.10 Å². The molecule has 188 valence electrons. The lowest BCUT2D eigenvalue weighted by Crippen LogP contribution is -2.49. The van der Waals surface area contributed by atoms with Crippen LogP contribution in [0.2, 0.25) is 5.02 Å². The Balaban J connectivity index is 1.98. The first-order valence-electron chi connectivity index (χ1n) is 10.8. The fraction of sp³-hybridized carbons (Fsp3) is 0.500. The zero-order valence-electron chi connectivity index (χ0n) is 18.5. The Bertz CT molecular complexity index is 1070. The van der Waals surface area contributed by atoms with Gasteiger partial charge in [-0.05, 0) is 63.0 Å². The highest BCUT2D eigenvalue weighted by Gasteiger charge is 2.37. The van der Waals surface area contributed by atoms with E-state index in [-0.39, 0.29) is 23.0 Å². The van der Waals surface area contributed by atoms with Crippen LogP contribution in [0.3, 0.4) is 0 Å². The minimum absolute atomic E-state index is 0.0207. The van der Waals surface area contributed by atoms with Gasteiger partial charge in [0.25, 0.3) is 0 Å². The minimum atomic E-state index is -4.72. The summed E-state index contributed by atoms with van der Waals surface area (Å²) in [5, 5.41) is 2.12. The molecule has 12 heteroatoms. The van der Waals surface area contributed by atoms with Crippen molar-refractivity contribution < 1.29 is 26.4 Å². The standard InChI is InChI=1S/C22H26Cl2F3N3O3S/c1-28-12-15-3-2-10-29(13-15)21(31)14-30(34(32,33)18-7-5-17(23)6-8-18)20-11-16(22(25,26)27)4-9-19(20)24/h4-7,9,11,15,18,28H,2-3,8,10,12-14H2,1H3. The summed E-state index contributed by atoms with van der Waals surface area (Å²) in [6.45, 7) is 0.930. The zero-order chi connectivity index (χ0) is 25.1. The number of rotatable bonds is 7. The lowest BCUT2D eigenvalue weighted by atomic mass is 9.98. The van der Waals surface area contributed by atoms with E-state index in [0.717, 1.165) is 25.0 Å². The van der Waals surface area contributed by atoms with Gasteiger partial charge in [0.2, 0.25) is 15.9 Å². The minimum Gasteiger partial charge on any atom is -0.341 e. The molecule has 1 amide bonds. The van der Waals surface area contributed by atoms with Gasteiger partial charge in [0.05, 0.1) is 16.3 Å². The van der Waals surface area contributed by atoms with E-state index < -0.39 is 39.5 Å². The number of benzene rings is 1. The molecule has 1 heterocycles. The van der Waals surface area contributed by atoms with Crippen LogP contribution in [0.5, 0.6) is 0 Å². The fourth-order valence-corrected chi connectivity index (χ4v) is 6.21. The number of nitrogens with one attached hydrogen (secondary N) is 1. The number of halogens is 5. The van der Waals surface area contributed by atoms with E-state index in [9.17, 15) is 26.4 Å². The molecule has 0 aromatic heterocycles. The molecule has 1 aromatic carbocycles. The molecule has 34 heavy (non-hydrogen) atoms. The summed E-state index contributed by atoms with van der Waals surface area (Å²) in [4.78, 5) is 14.7. The van der Waals surface area contributed by atoms with Crippen molar-refractivity contribution in [1.29, 1.82) is 0 Å². The third kappa shape index (κ3) is 6.27. The Morgan fingerprint density at radius 1 is 1.29 bits per heavy atom. The number of allylic oxidation sites excluding steroid dienone is 3. The number of anilines is 1. The van der Waals surface area contributed by atoms with E-state index in [1.54, 1.807) is 4.90 Å². The number of sulfonamides is 1. The lowest BCUT2D eigenvalue weighted by molar-refractivity contribution is -0.137. The van der Waals surface area contributed by atoms with Crippen LogP contribution in [0.25, 0.3) is 0 Å². The van der Waals surface area contributed by atoms with Crippen LogP contribution < -0.4 is 9.62 Å². The molecule has 2 atom stereocenters. The van der Waals surface area contributed by atoms with Crippen LogP contribution in [-0.2, 0) is 21.0 Å². The number of piperidine rings is 1. The van der Waals surface area contributed by atoms with Crippen LogP contribution in [-0.4, -0.2) is 57.7 Å². The Morgan fingerprint density at radius 3 is 2.65 bits per heavy atom. The Hall–Kier alpha value is -1.75. The normalized spacial score (nSPS) is 21.4. The highest BCUT2D eigenvalue weighted by atomic mass is 35.5. The monoisotopic (exact) mass is 539 g/mol. The molecule has 0 saturated carbocycles. The average Bonchev–Trinajstić information content (AvgIpc) is 2.78. The molecule has 1 fully saturated rings. The molecular weight excluding hydrogens is 514 g/mol. The average molecular weight is 540 g/mol. The molecule has 2 aliphatic rings. The van der Waals surface area contributed by atoms with E-state index in [2.05, 4.69) is 5.32 Å². The summed E-state index contributed by atoms with van der Waals surface area (Å²) in [6.07, 6.45) is 1.26. The fourth-order valence-electron chi connectivity index (χ4n) is 4.12. The maximum Gasteiger partial charge on any atom is 0.416 e. The van der Waals surface area contributed by atoms with Gasteiger partial charge in [-0.2, -0.15) is 13.2 Å². The van der Waals surface area contributed by atoms with Crippen molar-refractivity contribution in [1.82, 2.24) is 10.2 Å². The second-order valence-electron chi connectivity index (χ2n) is 8.34. The van der Waals surface area contributed by atoms with Gasteiger partial charge < -0.3 is 10.2 Å². The first-order chi connectivity index (χ1) is 15.9. The van der Waals surface area contributed by atoms with Crippen molar-refractivity contribution in [2.45, 2.75) is 30.7 Å². The van der Waals surface area contributed by atoms with Gasteiger partial charge >= 0.3 is 6.18 Å². The molecule has 6 nitrogen and oxygen atoms in total. The second-order valence-corrected chi connectivity index (χ2v) is 11.3. The maximum absolute atomic E-state index is 13.6. The van der Waals surface area contributed by atoms with Gasteiger partial charge in [0, 0.05) is 18.1 Å². The Morgan fingerprint density at radius 2 is 2.03 bits per heavy atom. The molecule has 2 unspecified atom stereocenters. The van der Waals surface area contributed by atoms with E-state index in [1.165, 1.54) is 18.2 Å². The van der Waals surface area contributed by atoms with Crippen molar-refractivity contribution in [3.8, 4) is 0 Å². The van der Waals surface area contributed by atoms with Gasteiger partial charge in [0.1, 0.15) is 11.8 Å². The Kier molecular flexibility index (Phi) is 8.60. The van der Waals surface area contributed by atoms with Crippen LogP contribution in [0.4, 0.5) is 18.9 Å². The smallest absolute Gasteiger partial charge is 0.341 e. The lowest BCUT2D eigenvalue weighted by Gasteiger charge is -2.35. The summed E-state index contributed by atoms with van der Waals surface area (Å²) in [7, 11) is -2.50. The van der Waals surface area contributed by atoms with Crippen molar-refractivity contribution in [3.05, 3.63) is 52.0 Å². The van der Waals surface area contributed by atoms with Gasteiger partial charge in [-0.1, -0.05) is 35.4 Å². The predicted molar refractivity (Wildman–Crippen MR) is 127 cm³/mol. The highest BCUT2D eigenvalue weighted by Crippen LogP contribution is 2.37. The third-order valence-electron chi connectivity index (χ3n) is 5.89. The van der Waals surface area contributed by atoms with E-state index >= 15 is 0 Å². The molecule has 1 aromatic rings. The number of hydrogen-bond donors (Lipinski definition) is 1. The molecule has 0 spiro atoms. The number of hydrogen-bond acceptors (Lipinski definition) is 4. The van der Waals surface area contributed by atoms with Crippen LogP contribution >= 0.6 is 23.2 Å². The number of amides is 1. The molecular formula is C22H26Cl2F3N3O3S. The summed E-state index contributed by atoms with van der Waals surface area (Å²) < 4.78 is 68.1. The highest BCUT2D eigenvalue weighted by molar-refractivity contribution is 7.93. The van der Waals surface area contributed by atoms with Gasteiger partial charge in [-0.15, -0.1) is 0 Å². The topological polar surface area (TPSA) is 69.7 Å². The van der Waals surface area contributed by atoms with Crippen molar-refractivity contribution in [3.63, 3.8) is 0 Å². The maximum atomic E-state index is 13.6. The first kappa shape index (κ1) is 26.8. The molecule has 0 bridgehead atoms. The summed E-state index contributed by atoms with van der Waals surface area (Å²) in [5.74, 6) is -0.287. The molecule has 3 rings (SSSR count). The molecule has 1 N–H and O–H groups in total. The molecule has 0 radical (unpaired) electrons. The SMILES string of the molecule is CNCC1CCCN(C(=O)CN(c2cc(C(F)(F)F)ccc2Cl)S(=O)(=O)C2C=CC(Cl)=CC2)C1. The van der Waals surface area contributed by atoms with E-state index in [4.69, 9.17) is 23.2 Å². The van der Waals surface area contributed by atoms with Crippen molar-refractivity contribution in [2.24, 2.45) is 5.92 Å². The number of likely N-dealkylation sites (tertiary alicyclic amines) is 1. The summed E-state index contributed by atoms with van der Waals surface area (Å²) >= 11 is 12.1. The molecule has 1 aliphatic carbocycles.